The maximum Gasteiger partial charge on any atom is 0.165 e. The van der Waals surface area contributed by atoms with E-state index in [0.29, 0.717) is 5.75 Å². The predicted molar refractivity (Wildman–Crippen MR) is 46.1 cm³/mol. The first-order valence-electron chi connectivity index (χ1n) is 3.96. The number of hydrogen-bond acceptors (Lipinski definition) is 4. The van der Waals surface area contributed by atoms with Crippen LogP contribution < -0.4 is 4.89 Å². The van der Waals surface area contributed by atoms with E-state index in [9.17, 15) is 0 Å². The van der Waals surface area contributed by atoms with Gasteiger partial charge in [0.2, 0.25) is 0 Å². The summed E-state index contributed by atoms with van der Waals surface area (Å²) in [5.41, 5.74) is 0. The van der Waals surface area contributed by atoms with Crippen molar-refractivity contribution in [2.45, 2.75) is 6.10 Å². The van der Waals surface area contributed by atoms with Crippen LogP contribution in [0.3, 0.4) is 0 Å². The molecule has 0 radical (unpaired) electrons. The van der Waals surface area contributed by atoms with Gasteiger partial charge in [0.05, 0.1) is 6.61 Å². The number of aliphatic hydroxyl groups excluding tert-OH is 2. The van der Waals surface area contributed by atoms with Crippen molar-refractivity contribution in [3.8, 4) is 5.75 Å². The molecule has 1 aromatic carbocycles. The normalized spacial score (nSPS) is 12.5. The van der Waals surface area contributed by atoms with Crippen LogP contribution in [0, 0.1) is 0 Å². The predicted octanol–water partition coefficient (Wildman–Crippen LogP) is 0.350. The number of rotatable bonds is 5. The zero-order chi connectivity index (χ0) is 9.52. The minimum atomic E-state index is -0.899. The number of hydrogen-bond donors (Lipinski definition) is 2. The van der Waals surface area contributed by atoms with E-state index in [1.807, 2.05) is 6.07 Å². The Kier molecular flexibility index (Phi) is 4.25. The highest BCUT2D eigenvalue weighted by Crippen LogP contribution is 2.08. The van der Waals surface area contributed by atoms with Gasteiger partial charge in [0, 0.05) is 0 Å². The second kappa shape index (κ2) is 5.53. The van der Waals surface area contributed by atoms with Gasteiger partial charge in [0.1, 0.15) is 12.7 Å². The van der Waals surface area contributed by atoms with Gasteiger partial charge in [-0.25, -0.2) is 0 Å². The summed E-state index contributed by atoms with van der Waals surface area (Å²) in [7, 11) is 0. The van der Waals surface area contributed by atoms with Crippen molar-refractivity contribution in [3.05, 3.63) is 30.3 Å². The van der Waals surface area contributed by atoms with Crippen molar-refractivity contribution in [2.75, 3.05) is 13.2 Å². The molecule has 0 aliphatic carbocycles. The summed E-state index contributed by atoms with van der Waals surface area (Å²) in [5, 5.41) is 17.3. The Bertz CT molecular complexity index is 224. The summed E-state index contributed by atoms with van der Waals surface area (Å²) < 4.78 is 0. The third kappa shape index (κ3) is 3.89. The second-order valence-corrected chi connectivity index (χ2v) is 2.52. The van der Waals surface area contributed by atoms with Crippen molar-refractivity contribution in [3.63, 3.8) is 0 Å². The lowest BCUT2D eigenvalue weighted by atomic mass is 10.3. The Balaban J connectivity index is 2.20. The Morgan fingerprint density at radius 3 is 2.54 bits per heavy atom. The van der Waals surface area contributed by atoms with Crippen molar-refractivity contribution in [1.82, 2.24) is 0 Å². The van der Waals surface area contributed by atoms with Crippen LogP contribution in [0.25, 0.3) is 0 Å². The lowest BCUT2D eigenvalue weighted by Crippen LogP contribution is -2.20. The monoisotopic (exact) mass is 184 g/mol. The number of benzene rings is 1. The molecule has 0 heterocycles. The number of aliphatic hydroxyl groups is 2. The number of para-hydroxylation sites is 1. The maximum atomic E-state index is 8.88. The molecular formula is C9H12O4. The van der Waals surface area contributed by atoms with E-state index in [1.54, 1.807) is 24.3 Å². The molecule has 4 nitrogen and oxygen atoms in total. The SMILES string of the molecule is OCC(O)COOc1ccccc1. The molecular weight excluding hydrogens is 172 g/mol. The first-order valence-corrected chi connectivity index (χ1v) is 3.96. The molecule has 0 bridgehead atoms. The van der Waals surface area contributed by atoms with E-state index >= 15 is 0 Å². The van der Waals surface area contributed by atoms with Gasteiger partial charge in [-0.2, -0.15) is 4.89 Å². The Morgan fingerprint density at radius 1 is 1.23 bits per heavy atom. The van der Waals surface area contributed by atoms with E-state index in [1.165, 1.54) is 0 Å². The summed E-state index contributed by atoms with van der Waals surface area (Å²) in [6.45, 7) is -0.385. The fraction of sp³-hybridized carbons (Fsp3) is 0.333. The topological polar surface area (TPSA) is 58.9 Å². The van der Waals surface area contributed by atoms with Crippen LogP contribution in [0.2, 0.25) is 0 Å². The van der Waals surface area contributed by atoms with E-state index in [4.69, 9.17) is 15.1 Å². The smallest absolute Gasteiger partial charge is 0.165 e. The Morgan fingerprint density at radius 2 is 1.92 bits per heavy atom. The molecule has 0 saturated heterocycles. The summed E-state index contributed by atoms with van der Waals surface area (Å²) in [4.78, 5) is 9.47. The van der Waals surface area contributed by atoms with Gasteiger partial charge < -0.3 is 15.1 Å². The molecule has 13 heavy (non-hydrogen) atoms. The van der Waals surface area contributed by atoms with Gasteiger partial charge in [-0.15, -0.1) is 0 Å². The fourth-order valence-electron chi connectivity index (χ4n) is 0.709. The first-order chi connectivity index (χ1) is 6.33. The molecule has 1 atom stereocenters. The van der Waals surface area contributed by atoms with Crippen molar-refractivity contribution < 1.29 is 20.0 Å². The minimum Gasteiger partial charge on any atom is -0.394 e. The molecule has 1 rings (SSSR count). The van der Waals surface area contributed by atoms with Crippen LogP contribution >= 0.6 is 0 Å². The lowest BCUT2D eigenvalue weighted by molar-refractivity contribution is -0.226. The van der Waals surface area contributed by atoms with Gasteiger partial charge >= 0.3 is 0 Å². The van der Waals surface area contributed by atoms with Gasteiger partial charge in [0.15, 0.2) is 5.75 Å². The standard InChI is InChI=1S/C9H12O4/c10-6-8(11)7-12-13-9-4-2-1-3-5-9/h1-5,8,10-11H,6-7H2. The lowest BCUT2D eigenvalue weighted by Gasteiger charge is -2.07. The highest BCUT2D eigenvalue weighted by atomic mass is 17.2. The van der Waals surface area contributed by atoms with E-state index in [2.05, 4.69) is 4.89 Å². The van der Waals surface area contributed by atoms with E-state index < -0.39 is 6.10 Å². The molecule has 0 spiro atoms. The third-order valence-electron chi connectivity index (χ3n) is 1.37. The molecule has 1 unspecified atom stereocenters. The van der Waals surface area contributed by atoms with E-state index in [-0.39, 0.29) is 13.2 Å². The summed E-state index contributed by atoms with van der Waals surface area (Å²) in [5.74, 6) is 0.563. The molecule has 72 valence electrons. The summed E-state index contributed by atoms with van der Waals surface area (Å²) in [6, 6.07) is 8.93. The maximum absolute atomic E-state index is 8.88. The van der Waals surface area contributed by atoms with Crippen LogP contribution in [0.1, 0.15) is 0 Å². The Hall–Kier alpha value is -1.10. The molecule has 4 heteroatoms. The third-order valence-corrected chi connectivity index (χ3v) is 1.37. The zero-order valence-corrected chi connectivity index (χ0v) is 7.09. The largest absolute Gasteiger partial charge is 0.394 e. The fourth-order valence-corrected chi connectivity index (χ4v) is 0.709. The van der Waals surface area contributed by atoms with Gasteiger partial charge in [0.25, 0.3) is 0 Å². The molecule has 0 aliphatic rings. The minimum absolute atomic E-state index is 0.0502. The molecule has 0 fully saturated rings. The molecule has 0 saturated carbocycles. The molecule has 0 aliphatic heterocycles. The summed E-state index contributed by atoms with van der Waals surface area (Å²) >= 11 is 0. The van der Waals surface area contributed by atoms with E-state index in [0.717, 1.165) is 0 Å². The van der Waals surface area contributed by atoms with Crippen molar-refractivity contribution >= 4 is 0 Å². The average Bonchev–Trinajstić information content (AvgIpc) is 2.19. The molecule has 0 aromatic heterocycles. The highest BCUT2D eigenvalue weighted by molar-refractivity contribution is 5.20. The second-order valence-electron chi connectivity index (χ2n) is 2.52. The average molecular weight is 184 g/mol. The molecule has 0 amide bonds. The van der Waals surface area contributed by atoms with Crippen LogP contribution in [0.5, 0.6) is 5.75 Å². The quantitative estimate of drug-likeness (QED) is 0.512. The van der Waals surface area contributed by atoms with Crippen LogP contribution in [0.4, 0.5) is 0 Å². The van der Waals surface area contributed by atoms with Gasteiger partial charge in [-0.05, 0) is 12.1 Å². The van der Waals surface area contributed by atoms with Crippen molar-refractivity contribution in [1.29, 1.82) is 0 Å². The Labute approximate surface area is 76.3 Å². The highest BCUT2D eigenvalue weighted by Gasteiger charge is 2.02. The van der Waals surface area contributed by atoms with Gasteiger partial charge in [-0.3, -0.25) is 0 Å². The van der Waals surface area contributed by atoms with Crippen LogP contribution in [0.15, 0.2) is 30.3 Å². The summed E-state index contributed by atoms with van der Waals surface area (Å²) in [6.07, 6.45) is -0.899. The van der Waals surface area contributed by atoms with Gasteiger partial charge in [-0.1, -0.05) is 18.2 Å². The van der Waals surface area contributed by atoms with Crippen LogP contribution in [-0.2, 0) is 4.89 Å². The first kappa shape index (κ1) is 9.98. The van der Waals surface area contributed by atoms with Crippen molar-refractivity contribution in [2.24, 2.45) is 0 Å². The van der Waals surface area contributed by atoms with Crippen LogP contribution in [-0.4, -0.2) is 29.5 Å². The molecule has 1 aromatic rings. The zero-order valence-electron chi connectivity index (χ0n) is 7.09. The molecule has 2 N–H and O–H groups in total.